The van der Waals surface area contributed by atoms with E-state index in [4.69, 9.17) is 4.52 Å². The number of aromatic nitrogens is 2. The van der Waals surface area contributed by atoms with Gasteiger partial charge in [-0.05, 0) is 44.0 Å². The molecule has 25 heavy (non-hydrogen) atoms. The van der Waals surface area contributed by atoms with E-state index < -0.39 is 10.0 Å². The van der Waals surface area contributed by atoms with Crippen molar-refractivity contribution >= 4 is 27.3 Å². The first kappa shape index (κ1) is 18.9. The van der Waals surface area contributed by atoms with Crippen molar-refractivity contribution in [2.24, 2.45) is 0 Å². The Morgan fingerprint density at radius 1 is 1.20 bits per heavy atom. The van der Waals surface area contributed by atoms with Gasteiger partial charge in [0.15, 0.2) is 5.82 Å². The molecule has 0 aliphatic rings. The summed E-state index contributed by atoms with van der Waals surface area (Å²) < 4.78 is 30.9. The van der Waals surface area contributed by atoms with Crippen LogP contribution in [-0.4, -0.2) is 30.2 Å². The number of anilines is 2. The number of amides is 1. The summed E-state index contributed by atoms with van der Waals surface area (Å²) in [6, 6.07) is 6.54. The second kappa shape index (κ2) is 8.61. The molecule has 9 heteroatoms. The van der Waals surface area contributed by atoms with Gasteiger partial charge < -0.3 is 9.84 Å². The number of carbonyl (C=O) groups is 1. The Morgan fingerprint density at radius 3 is 2.48 bits per heavy atom. The lowest BCUT2D eigenvalue weighted by molar-refractivity contribution is -0.116. The molecule has 0 unspecified atom stereocenters. The summed E-state index contributed by atoms with van der Waals surface area (Å²) in [5.74, 6) is 1.05. The van der Waals surface area contributed by atoms with E-state index in [1.807, 2.05) is 0 Å². The van der Waals surface area contributed by atoms with Crippen LogP contribution in [0.5, 0.6) is 0 Å². The molecule has 1 aromatic carbocycles. The van der Waals surface area contributed by atoms with Crippen molar-refractivity contribution in [1.29, 1.82) is 0 Å². The van der Waals surface area contributed by atoms with Crippen LogP contribution in [0.1, 0.15) is 37.9 Å². The van der Waals surface area contributed by atoms with Crippen LogP contribution in [0, 0.1) is 6.92 Å². The molecule has 2 N–H and O–H groups in total. The lowest BCUT2D eigenvalue weighted by atomic mass is 10.2. The number of nitrogens with zero attached hydrogens (tertiary/aromatic N) is 2. The van der Waals surface area contributed by atoms with Gasteiger partial charge in [-0.15, -0.1) is 0 Å². The van der Waals surface area contributed by atoms with Gasteiger partial charge in [-0.3, -0.25) is 9.52 Å². The molecule has 0 radical (unpaired) electrons. The molecule has 8 nitrogen and oxygen atoms in total. The zero-order chi connectivity index (χ0) is 18.3. The van der Waals surface area contributed by atoms with Crippen LogP contribution in [0.15, 0.2) is 28.8 Å². The summed E-state index contributed by atoms with van der Waals surface area (Å²) in [5.41, 5.74) is 1.08. The second-order valence-electron chi connectivity index (χ2n) is 5.64. The van der Waals surface area contributed by atoms with Gasteiger partial charge in [-0.1, -0.05) is 12.1 Å². The Kier molecular flexibility index (Phi) is 6.51. The van der Waals surface area contributed by atoms with Gasteiger partial charge in [0.1, 0.15) is 0 Å². The molecule has 2 aromatic rings. The van der Waals surface area contributed by atoms with E-state index in [1.165, 1.54) is 0 Å². The van der Waals surface area contributed by atoms with Gasteiger partial charge in [0.25, 0.3) is 0 Å². The third-order valence-electron chi connectivity index (χ3n) is 3.28. The summed E-state index contributed by atoms with van der Waals surface area (Å²) in [6.45, 7) is 3.54. The van der Waals surface area contributed by atoms with E-state index in [0.717, 1.165) is 0 Å². The number of hydrogen-bond donors (Lipinski definition) is 2. The minimum Gasteiger partial charge on any atom is -0.339 e. The molecular formula is C16H22N4O4S. The number of aryl methyl sites for hydroxylation is 2. The predicted molar refractivity (Wildman–Crippen MR) is 94.7 cm³/mol. The molecule has 0 spiro atoms. The third-order valence-corrected chi connectivity index (χ3v) is 4.77. The lowest BCUT2D eigenvalue weighted by Crippen LogP contribution is -2.16. The van der Waals surface area contributed by atoms with Gasteiger partial charge in [0.2, 0.25) is 21.8 Å². The molecule has 0 fully saturated rings. The summed E-state index contributed by atoms with van der Waals surface area (Å²) in [6.07, 6.45) is 2.02. The number of carbonyl (C=O) groups excluding carboxylic acids is 1. The largest absolute Gasteiger partial charge is 0.339 e. The molecule has 1 aromatic heterocycles. The van der Waals surface area contributed by atoms with Crippen LogP contribution in [0.4, 0.5) is 11.4 Å². The molecular weight excluding hydrogens is 344 g/mol. The number of sulfonamides is 1. The highest BCUT2D eigenvalue weighted by Crippen LogP contribution is 2.15. The maximum atomic E-state index is 11.9. The van der Waals surface area contributed by atoms with Crippen LogP contribution in [0.2, 0.25) is 0 Å². The average Bonchev–Trinajstić information content (AvgIpc) is 2.94. The molecule has 136 valence electrons. The first-order valence-electron chi connectivity index (χ1n) is 8.07. The van der Waals surface area contributed by atoms with Crippen LogP contribution in [-0.2, 0) is 21.2 Å². The third kappa shape index (κ3) is 6.54. The smallest absolute Gasteiger partial charge is 0.232 e. The standard InChI is InChI=1S/C16H22N4O4S/c1-3-11-25(22,23)20-14-9-7-13(8-10-14)18-15(21)5-4-6-16-17-12(2)19-24-16/h7-10,20H,3-6,11H2,1-2H3,(H,18,21). The maximum absolute atomic E-state index is 11.9. The fraction of sp³-hybridized carbons (Fsp3) is 0.438. The Morgan fingerprint density at radius 2 is 1.88 bits per heavy atom. The van der Waals surface area contributed by atoms with Gasteiger partial charge >= 0.3 is 0 Å². The summed E-state index contributed by atoms with van der Waals surface area (Å²) in [7, 11) is -3.31. The van der Waals surface area contributed by atoms with Crippen LogP contribution in [0.25, 0.3) is 0 Å². The zero-order valence-corrected chi connectivity index (χ0v) is 15.1. The average molecular weight is 366 g/mol. The molecule has 2 rings (SSSR count). The van der Waals surface area contributed by atoms with E-state index in [1.54, 1.807) is 38.1 Å². The molecule has 1 heterocycles. The summed E-state index contributed by atoms with van der Waals surface area (Å²) in [4.78, 5) is 16.0. The van der Waals surface area contributed by atoms with Crippen molar-refractivity contribution < 1.29 is 17.7 Å². The van der Waals surface area contributed by atoms with Gasteiger partial charge in [0.05, 0.1) is 5.75 Å². The highest BCUT2D eigenvalue weighted by molar-refractivity contribution is 7.92. The Bertz CT molecular complexity index is 800. The molecule has 1 amide bonds. The molecule has 0 aliphatic carbocycles. The van der Waals surface area contributed by atoms with Crippen molar-refractivity contribution in [2.75, 3.05) is 15.8 Å². The predicted octanol–water partition coefficient (Wildman–Crippen LogP) is 2.49. The highest BCUT2D eigenvalue weighted by Gasteiger charge is 2.09. The van der Waals surface area contributed by atoms with Crippen molar-refractivity contribution in [3.8, 4) is 0 Å². The minimum absolute atomic E-state index is 0.0745. The Hall–Kier alpha value is -2.42. The van der Waals surface area contributed by atoms with Gasteiger partial charge in [0, 0.05) is 24.2 Å². The first-order chi connectivity index (χ1) is 11.9. The lowest BCUT2D eigenvalue weighted by Gasteiger charge is -2.09. The fourth-order valence-electron chi connectivity index (χ4n) is 2.19. The molecule has 0 atom stereocenters. The number of nitrogens with one attached hydrogen (secondary N) is 2. The molecule has 0 aliphatic heterocycles. The summed E-state index contributed by atoms with van der Waals surface area (Å²) in [5, 5.41) is 6.46. The molecule has 0 saturated carbocycles. The molecule has 0 bridgehead atoms. The first-order valence-corrected chi connectivity index (χ1v) is 9.73. The van der Waals surface area contributed by atoms with E-state index in [-0.39, 0.29) is 11.7 Å². The highest BCUT2D eigenvalue weighted by atomic mass is 32.2. The van der Waals surface area contributed by atoms with Crippen molar-refractivity contribution in [3.63, 3.8) is 0 Å². The Labute approximate surface area is 147 Å². The topological polar surface area (TPSA) is 114 Å². The number of benzene rings is 1. The van der Waals surface area contributed by atoms with Crippen molar-refractivity contribution in [2.45, 2.75) is 39.5 Å². The van der Waals surface area contributed by atoms with E-state index >= 15 is 0 Å². The zero-order valence-electron chi connectivity index (χ0n) is 14.3. The van der Waals surface area contributed by atoms with Crippen LogP contribution in [0.3, 0.4) is 0 Å². The number of hydrogen-bond acceptors (Lipinski definition) is 6. The van der Waals surface area contributed by atoms with E-state index in [9.17, 15) is 13.2 Å². The van der Waals surface area contributed by atoms with Crippen molar-refractivity contribution in [1.82, 2.24) is 10.1 Å². The van der Waals surface area contributed by atoms with E-state index in [0.29, 0.717) is 48.8 Å². The fourth-order valence-corrected chi connectivity index (χ4v) is 3.32. The van der Waals surface area contributed by atoms with Crippen LogP contribution < -0.4 is 10.0 Å². The van der Waals surface area contributed by atoms with E-state index in [2.05, 4.69) is 20.2 Å². The summed E-state index contributed by atoms with van der Waals surface area (Å²) >= 11 is 0. The number of rotatable bonds is 9. The second-order valence-corrected chi connectivity index (χ2v) is 7.48. The SMILES string of the molecule is CCCS(=O)(=O)Nc1ccc(NC(=O)CCCc2nc(C)no2)cc1. The van der Waals surface area contributed by atoms with Gasteiger partial charge in [-0.2, -0.15) is 4.98 Å². The maximum Gasteiger partial charge on any atom is 0.232 e. The quantitative estimate of drug-likeness (QED) is 0.705. The normalized spacial score (nSPS) is 11.3. The Balaban J connectivity index is 1.79. The van der Waals surface area contributed by atoms with Crippen LogP contribution >= 0.6 is 0 Å². The minimum atomic E-state index is -3.31. The monoisotopic (exact) mass is 366 g/mol. The van der Waals surface area contributed by atoms with Gasteiger partial charge in [-0.25, -0.2) is 8.42 Å². The van der Waals surface area contributed by atoms with Crippen molar-refractivity contribution in [3.05, 3.63) is 36.0 Å². The molecule has 0 saturated heterocycles.